The summed E-state index contributed by atoms with van der Waals surface area (Å²) in [6.45, 7) is 7.88. The van der Waals surface area contributed by atoms with E-state index in [0.717, 1.165) is 52.0 Å². The molecule has 0 aromatic carbocycles. The molecule has 0 saturated carbocycles. The van der Waals surface area contributed by atoms with Crippen molar-refractivity contribution >= 4 is 0 Å². The van der Waals surface area contributed by atoms with Crippen molar-refractivity contribution in [3.05, 3.63) is 0 Å². The van der Waals surface area contributed by atoms with Gasteiger partial charge in [0.05, 0.1) is 24.9 Å². The smallest absolute Gasteiger partial charge is 0.0809 e. The van der Waals surface area contributed by atoms with Gasteiger partial charge in [-0.1, -0.05) is 0 Å². The molecule has 2 heterocycles. The highest BCUT2D eigenvalue weighted by molar-refractivity contribution is 4.78. The molecule has 0 aromatic rings. The van der Waals surface area contributed by atoms with E-state index in [1.54, 1.807) is 0 Å². The van der Waals surface area contributed by atoms with Crippen molar-refractivity contribution in [2.45, 2.75) is 70.3 Å². The van der Waals surface area contributed by atoms with Crippen LogP contribution < -0.4 is 5.32 Å². The second-order valence-electron chi connectivity index (χ2n) is 5.94. The average molecular weight is 271 g/mol. The van der Waals surface area contributed by atoms with Gasteiger partial charge in [0.25, 0.3) is 0 Å². The quantitative estimate of drug-likeness (QED) is 0.720. The van der Waals surface area contributed by atoms with E-state index in [1.165, 1.54) is 6.42 Å². The fourth-order valence-electron chi connectivity index (χ4n) is 3.04. The van der Waals surface area contributed by atoms with Crippen molar-refractivity contribution in [3.63, 3.8) is 0 Å². The Balaban J connectivity index is 1.45. The molecule has 3 atom stereocenters. The molecule has 0 bridgehead atoms. The van der Waals surface area contributed by atoms with Gasteiger partial charge in [0.2, 0.25) is 0 Å². The third-order valence-corrected chi connectivity index (χ3v) is 3.92. The van der Waals surface area contributed by atoms with Gasteiger partial charge in [0.15, 0.2) is 0 Å². The number of nitrogens with one attached hydrogen (secondary N) is 1. The van der Waals surface area contributed by atoms with Crippen LogP contribution >= 0.6 is 0 Å². The SMILES string of the molecule is CC1CC(NCCCOCC2CCCO2)CC(C)O1. The Labute approximate surface area is 117 Å². The lowest BCUT2D eigenvalue weighted by atomic mass is 10.00. The zero-order valence-electron chi connectivity index (χ0n) is 12.4. The van der Waals surface area contributed by atoms with E-state index in [1.807, 2.05) is 0 Å². The molecule has 0 spiro atoms. The van der Waals surface area contributed by atoms with Gasteiger partial charge in [-0.05, 0) is 52.5 Å². The van der Waals surface area contributed by atoms with Crippen molar-refractivity contribution < 1.29 is 14.2 Å². The minimum atomic E-state index is 0.352. The van der Waals surface area contributed by atoms with Crippen LogP contribution in [0.3, 0.4) is 0 Å². The maximum absolute atomic E-state index is 5.74. The van der Waals surface area contributed by atoms with Crippen LogP contribution in [0.25, 0.3) is 0 Å². The molecule has 0 aliphatic carbocycles. The Bertz CT molecular complexity index is 234. The normalized spacial score (nSPS) is 35.7. The van der Waals surface area contributed by atoms with Crippen LogP contribution in [0.1, 0.15) is 46.0 Å². The summed E-state index contributed by atoms with van der Waals surface area (Å²) in [5, 5.41) is 3.62. The van der Waals surface area contributed by atoms with Crippen LogP contribution in [0.2, 0.25) is 0 Å². The maximum Gasteiger partial charge on any atom is 0.0809 e. The molecular formula is C15H29NO3. The predicted octanol–water partition coefficient (Wildman–Crippen LogP) is 2.12. The first-order valence-electron chi connectivity index (χ1n) is 7.82. The van der Waals surface area contributed by atoms with E-state index >= 15 is 0 Å². The van der Waals surface area contributed by atoms with E-state index in [0.29, 0.717) is 24.4 Å². The molecule has 1 N–H and O–H groups in total. The molecular weight excluding hydrogens is 242 g/mol. The van der Waals surface area contributed by atoms with Crippen LogP contribution in [0.5, 0.6) is 0 Å². The van der Waals surface area contributed by atoms with Gasteiger partial charge in [-0.25, -0.2) is 0 Å². The first-order chi connectivity index (χ1) is 9.24. The molecule has 19 heavy (non-hydrogen) atoms. The Hall–Kier alpha value is -0.160. The van der Waals surface area contributed by atoms with Crippen LogP contribution in [-0.4, -0.2) is 50.7 Å². The van der Waals surface area contributed by atoms with Gasteiger partial charge in [-0.2, -0.15) is 0 Å². The van der Waals surface area contributed by atoms with Crippen LogP contribution in [-0.2, 0) is 14.2 Å². The summed E-state index contributed by atoms with van der Waals surface area (Å²) in [6, 6.07) is 0.608. The Morgan fingerprint density at radius 1 is 1.21 bits per heavy atom. The zero-order chi connectivity index (χ0) is 13.5. The molecule has 0 radical (unpaired) electrons. The largest absolute Gasteiger partial charge is 0.379 e. The summed E-state index contributed by atoms with van der Waals surface area (Å²) >= 11 is 0. The summed E-state index contributed by atoms with van der Waals surface area (Å²) in [5.41, 5.74) is 0. The van der Waals surface area contributed by atoms with E-state index in [-0.39, 0.29) is 0 Å². The topological polar surface area (TPSA) is 39.7 Å². The lowest BCUT2D eigenvalue weighted by Crippen LogP contribution is -2.41. The molecule has 2 rings (SSSR count). The monoisotopic (exact) mass is 271 g/mol. The third-order valence-electron chi connectivity index (χ3n) is 3.92. The lowest BCUT2D eigenvalue weighted by molar-refractivity contribution is -0.0423. The van der Waals surface area contributed by atoms with Gasteiger partial charge in [0.1, 0.15) is 0 Å². The van der Waals surface area contributed by atoms with Gasteiger partial charge in [-0.3, -0.25) is 0 Å². The van der Waals surface area contributed by atoms with Crippen molar-refractivity contribution in [1.82, 2.24) is 5.32 Å². The molecule has 112 valence electrons. The Morgan fingerprint density at radius 2 is 2.00 bits per heavy atom. The second-order valence-corrected chi connectivity index (χ2v) is 5.94. The first-order valence-corrected chi connectivity index (χ1v) is 7.82. The molecule has 0 amide bonds. The lowest BCUT2D eigenvalue weighted by Gasteiger charge is -2.32. The van der Waals surface area contributed by atoms with Crippen molar-refractivity contribution in [2.75, 3.05) is 26.4 Å². The van der Waals surface area contributed by atoms with E-state index in [4.69, 9.17) is 14.2 Å². The molecule has 2 aliphatic rings. The number of rotatable bonds is 7. The highest BCUT2D eigenvalue weighted by Crippen LogP contribution is 2.18. The number of hydrogen-bond acceptors (Lipinski definition) is 4. The van der Waals surface area contributed by atoms with E-state index in [9.17, 15) is 0 Å². The highest BCUT2D eigenvalue weighted by Gasteiger charge is 2.23. The molecule has 2 saturated heterocycles. The first kappa shape index (κ1) is 15.2. The third kappa shape index (κ3) is 5.78. The number of hydrogen-bond donors (Lipinski definition) is 1. The predicted molar refractivity (Wildman–Crippen MR) is 75.4 cm³/mol. The second kappa shape index (κ2) is 8.20. The van der Waals surface area contributed by atoms with E-state index < -0.39 is 0 Å². The fraction of sp³-hybridized carbons (Fsp3) is 1.00. The van der Waals surface area contributed by atoms with Crippen molar-refractivity contribution in [2.24, 2.45) is 0 Å². The summed E-state index contributed by atoms with van der Waals surface area (Å²) in [4.78, 5) is 0. The molecule has 2 aliphatic heterocycles. The van der Waals surface area contributed by atoms with Crippen LogP contribution in [0.15, 0.2) is 0 Å². The minimum Gasteiger partial charge on any atom is -0.379 e. The van der Waals surface area contributed by atoms with Gasteiger partial charge in [-0.15, -0.1) is 0 Å². The number of ether oxygens (including phenoxy) is 3. The van der Waals surface area contributed by atoms with Gasteiger partial charge in [0, 0.05) is 19.3 Å². The van der Waals surface area contributed by atoms with Crippen molar-refractivity contribution in [1.29, 1.82) is 0 Å². The summed E-state index contributed by atoms with van der Waals surface area (Å²) in [7, 11) is 0. The molecule has 0 aromatic heterocycles. The summed E-state index contributed by atoms with van der Waals surface area (Å²) in [6.07, 6.45) is 6.81. The highest BCUT2D eigenvalue weighted by atomic mass is 16.5. The molecule has 3 unspecified atom stereocenters. The van der Waals surface area contributed by atoms with Gasteiger partial charge < -0.3 is 19.5 Å². The molecule has 4 nitrogen and oxygen atoms in total. The van der Waals surface area contributed by atoms with Gasteiger partial charge >= 0.3 is 0 Å². The standard InChI is InChI=1S/C15H29NO3/c1-12-9-14(10-13(2)19-12)16-6-4-7-17-11-15-5-3-8-18-15/h12-16H,3-11H2,1-2H3. The van der Waals surface area contributed by atoms with Crippen LogP contribution in [0.4, 0.5) is 0 Å². The summed E-state index contributed by atoms with van der Waals surface area (Å²) in [5.74, 6) is 0. The maximum atomic E-state index is 5.74. The Morgan fingerprint density at radius 3 is 2.68 bits per heavy atom. The zero-order valence-corrected chi connectivity index (χ0v) is 12.4. The summed E-state index contributed by atoms with van der Waals surface area (Å²) < 4.78 is 16.9. The van der Waals surface area contributed by atoms with Crippen molar-refractivity contribution in [3.8, 4) is 0 Å². The molecule has 2 fully saturated rings. The average Bonchev–Trinajstić information content (AvgIpc) is 2.85. The minimum absolute atomic E-state index is 0.352. The molecule has 4 heteroatoms. The van der Waals surface area contributed by atoms with E-state index in [2.05, 4.69) is 19.2 Å². The van der Waals surface area contributed by atoms with Crippen LogP contribution in [0, 0.1) is 0 Å². The fourth-order valence-corrected chi connectivity index (χ4v) is 3.04. The Kier molecular flexibility index (Phi) is 6.57.